The number of carbonyl (C=O) groups is 2. The van der Waals surface area contributed by atoms with Gasteiger partial charge in [-0.3, -0.25) is 9.59 Å². The molecule has 0 fully saturated rings. The van der Waals surface area contributed by atoms with Crippen molar-refractivity contribution in [2.24, 2.45) is 5.92 Å². The van der Waals surface area contributed by atoms with E-state index in [2.05, 4.69) is 20.1 Å². The van der Waals surface area contributed by atoms with Gasteiger partial charge >= 0.3 is 0 Å². The Morgan fingerprint density at radius 1 is 1.32 bits per heavy atom. The van der Waals surface area contributed by atoms with E-state index in [1.165, 1.54) is 32.2 Å². The quantitative estimate of drug-likeness (QED) is 0.358. The van der Waals surface area contributed by atoms with Gasteiger partial charge in [0, 0.05) is 30.2 Å². The highest BCUT2D eigenvalue weighted by Gasteiger charge is 2.29. The first-order chi connectivity index (χ1) is 14.4. The highest BCUT2D eigenvalue weighted by atomic mass is 19.1. The summed E-state index contributed by atoms with van der Waals surface area (Å²) in [6, 6.07) is 4.15. The fraction of sp³-hybridized carbons (Fsp3) is 0.462. The highest BCUT2D eigenvalue weighted by Crippen LogP contribution is 2.35. The van der Waals surface area contributed by atoms with E-state index in [-0.39, 0.29) is 18.4 Å². The molecule has 0 unspecified atom stereocenters. The van der Waals surface area contributed by atoms with Gasteiger partial charge in [0.2, 0.25) is 0 Å². The largest absolute Gasteiger partial charge is 0.496 e. The third-order valence-corrected chi connectivity index (χ3v) is 5.08. The lowest BCUT2D eigenvalue weighted by Gasteiger charge is -2.26. The number of allylic oxidation sites excluding steroid dienone is 3. The Kier molecular flexibility index (Phi) is 12.6. The summed E-state index contributed by atoms with van der Waals surface area (Å²) < 4.78 is 18.5. The number of ether oxygens (including phenoxy) is 1. The van der Waals surface area contributed by atoms with Crippen molar-refractivity contribution in [3.8, 4) is 5.75 Å². The van der Waals surface area contributed by atoms with Gasteiger partial charge < -0.3 is 9.84 Å². The first-order valence-electron chi connectivity index (χ1n) is 10.4. The number of aliphatic hydroxyl groups excluding tert-OH is 1. The molecule has 0 spiro atoms. The van der Waals surface area contributed by atoms with Crippen molar-refractivity contribution in [3.63, 3.8) is 0 Å². The van der Waals surface area contributed by atoms with E-state index in [0.717, 1.165) is 18.4 Å². The summed E-state index contributed by atoms with van der Waals surface area (Å²) in [6.07, 6.45) is 7.05. The maximum absolute atomic E-state index is 13.3. The summed E-state index contributed by atoms with van der Waals surface area (Å²) in [7, 11) is 1.49. The minimum absolute atomic E-state index is 0.0299. The van der Waals surface area contributed by atoms with Crippen molar-refractivity contribution in [1.29, 1.82) is 0 Å². The zero-order chi connectivity index (χ0) is 24.2. The van der Waals surface area contributed by atoms with E-state index in [1.807, 2.05) is 19.1 Å². The van der Waals surface area contributed by atoms with Crippen molar-refractivity contribution in [2.75, 3.05) is 7.11 Å². The Labute approximate surface area is 186 Å². The number of carbonyl (C=O) groups excluding carboxylic acids is 2. The van der Waals surface area contributed by atoms with Gasteiger partial charge in [-0.15, -0.1) is 0 Å². The van der Waals surface area contributed by atoms with Crippen molar-refractivity contribution < 1.29 is 23.8 Å². The first kappa shape index (κ1) is 28.5. The molecule has 1 aromatic rings. The van der Waals surface area contributed by atoms with Gasteiger partial charge in [-0.05, 0) is 30.2 Å². The molecule has 0 saturated carbocycles. The topological polar surface area (TPSA) is 63.6 Å². The molecule has 4 nitrogen and oxygen atoms in total. The van der Waals surface area contributed by atoms with Gasteiger partial charge in [0.25, 0.3) is 0 Å². The van der Waals surface area contributed by atoms with Crippen LogP contribution in [0, 0.1) is 11.7 Å². The number of methoxy groups -OCH3 is 1. The molecule has 0 saturated heterocycles. The average molecular weight is 433 g/mol. The summed E-state index contributed by atoms with van der Waals surface area (Å²) in [5.41, 5.74) is 0.886. The lowest BCUT2D eigenvalue weighted by Crippen LogP contribution is -2.26. The van der Waals surface area contributed by atoms with Crippen LogP contribution in [0.5, 0.6) is 5.75 Å². The monoisotopic (exact) mass is 432 g/mol. The van der Waals surface area contributed by atoms with Gasteiger partial charge in [0.15, 0.2) is 11.6 Å². The normalized spacial score (nSPS) is 13.0. The van der Waals surface area contributed by atoms with Crippen LogP contribution in [0.15, 0.2) is 55.2 Å². The van der Waals surface area contributed by atoms with Crippen LogP contribution in [0.25, 0.3) is 0 Å². The van der Waals surface area contributed by atoms with Crippen molar-refractivity contribution >= 4 is 11.6 Å². The number of Topliss-reactive ketones (excluding diaryl/α,β-unsaturated/α-hetero) is 2. The molecule has 0 amide bonds. The molecule has 1 rings (SSSR count). The first-order valence-corrected chi connectivity index (χ1v) is 10.4. The summed E-state index contributed by atoms with van der Waals surface area (Å²) in [6.45, 7) is 16.4. The second kappa shape index (κ2) is 13.7. The maximum Gasteiger partial charge on any atom is 0.198 e. The Morgan fingerprint density at radius 2 is 1.94 bits per heavy atom. The fourth-order valence-corrected chi connectivity index (χ4v) is 2.97. The van der Waals surface area contributed by atoms with Gasteiger partial charge in [0.1, 0.15) is 11.6 Å². The lowest BCUT2D eigenvalue weighted by atomic mass is 9.79. The zero-order valence-corrected chi connectivity index (χ0v) is 19.7. The molecule has 0 aliphatic rings. The van der Waals surface area contributed by atoms with Crippen LogP contribution in [0.1, 0.15) is 59.4 Å². The molecule has 0 aromatic heterocycles. The summed E-state index contributed by atoms with van der Waals surface area (Å²) in [4.78, 5) is 22.6. The standard InChI is InChI=1S/C14H17FO3.C12H20O/c1-9(16)12(17)8-14(2,3)11-7-10(15)5-6-13(11)18-4;1-5-7-9-10(3)11(4)12(13)8-6-2/h5-7H,8H2,1-4H3;5,7,9,11-13H,1,3,6,8H2,2,4H3/b;9-7-/t;11-,12+/m.0/s1. The maximum atomic E-state index is 13.3. The predicted molar refractivity (Wildman–Crippen MR) is 125 cm³/mol. The Bertz CT molecular complexity index is 793. The van der Waals surface area contributed by atoms with Crippen LogP contribution in [-0.2, 0) is 15.0 Å². The number of rotatable bonds is 11. The van der Waals surface area contributed by atoms with Crippen LogP contribution in [-0.4, -0.2) is 29.9 Å². The molecule has 1 aromatic carbocycles. The van der Waals surface area contributed by atoms with E-state index in [0.29, 0.717) is 11.3 Å². The molecule has 0 aliphatic carbocycles. The lowest BCUT2D eigenvalue weighted by molar-refractivity contribution is -0.136. The Balaban J connectivity index is 0.000000615. The summed E-state index contributed by atoms with van der Waals surface area (Å²) >= 11 is 0. The van der Waals surface area contributed by atoms with E-state index in [9.17, 15) is 19.1 Å². The van der Waals surface area contributed by atoms with Gasteiger partial charge in [-0.1, -0.05) is 65.5 Å². The van der Waals surface area contributed by atoms with E-state index in [1.54, 1.807) is 19.9 Å². The molecular formula is C26H37FO4. The van der Waals surface area contributed by atoms with Crippen LogP contribution in [0.3, 0.4) is 0 Å². The van der Waals surface area contributed by atoms with E-state index >= 15 is 0 Å². The summed E-state index contributed by atoms with van der Waals surface area (Å²) in [5, 5.41) is 9.67. The predicted octanol–water partition coefficient (Wildman–Crippen LogP) is 5.74. The smallest absolute Gasteiger partial charge is 0.198 e. The molecule has 2 atom stereocenters. The molecule has 1 N–H and O–H groups in total. The van der Waals surface area contributed by atoms with Gasteiger partial charge in [0.05, 0.1) is 13.2 Å². The highest BCUT2D eigenvalue weighted by molar-refractivity contribution is 6.36. The average Bonchev–Trinajstić information content (AvgIpc) is 2.71. The van der Waals surface area contributed by atoms with Crippen molar-refractivity contribution in [2.45, 2.75) is 65.4 Å². The molecule has 31 heavy (non-hydrogen) atoms. The number of aliphatic hydroxyl groups is 1. The molecular weight excluding hydrogens is 395 g/mol. The summed E-state index contributed by atoms with van der Waals surface area (Å²) in [5.74, 6) is -0.701. The molecule has 0 aliphatic heterocycles. The van der Waals surface area contributed by atoms with Crippen molar-refractivity contribution in [1.82, 2.24) is 0 Å². The minimum atomic E-state index is -0.657. The second-order valence-corrected chi connectivity index (χ2v) is 8.20. The Hall–Kier alpha value is -2.53. The molecule has 0 radical (unpaired) electrons. The number of benzene rings is 1. The SMILES string of the molecule is C=C/C=C\C(=C)[C@H](C)[C@H](O)CCC.COc1ccc(F)cc1C(C)(C)CC(=O)C(C)=O. The number of ketones is 2. The Morgan fingerprint density at radius 3 is 2.42 bits per heavy atom. The third kappa shape index (κ3) is 9.88. The van der Waals surface area contributed by atoms with Crippen LogP contribution in [0.4, 0.5) is 4.39 Å². The van der Waals surface area contributed by atoms with Crippen LogP contribution >= 0.6 is 0 Å². The molecule has 5 heteroatoms. The molecule has 0 bridgehead atoms. The van der Waals surface area contributed by atoms with Gasteiger partial charge in [-0.25, -0.2) is 4.39 Å². The van der Waals surface area contributed by atoms with E-state index in [4.69, 9.17) is 4.74 Å². The minimum Gasteiger partial charge on any atom is -0.496 e. The number of hydrogen-bond acceptors (Lipinski definition) is 4. The van der Waals surface area contributed by atoms with Crippen LogP contribution in [0.2, 0.25) is 0 Å². The van der Waals surface area contributed by atoms with E-state index < -0.39 is 22.8 Å². The van der Waals surface area contributed by atoms with Gasteiger partial charge in [-0.2, -0.15) is 0 Å². The van der Waals surface area contributed by atoms with Crippen molar-refractivity contribution in [3.05, 3.63) is 66.5 Å². The zero-order valence-electron chi connectivity index (χ0n) is 19.7. The third-order valence-electron chi connectivity index (χ3n) is 5.08. The molecule has 0 heterocycles. The van der Waals surface area contributed by atoms with Crippen LogP contribution < -0.4 is 4.74 Å². The molecule has 172 valence electrons. The number of halogens is 1. The number of hydrogen-bond donors (Lipinski definition) is 1. The fourth-order valence-electron chi connectivity index (χ4n) is 2.97. The second-order valence-electron chi connectivity index (χ2n) is 8.20.